The Hall–Kier alpha value is -1.93. The minimum Gasteiger partial charge on any atom is -0.447 e. The number of cyclic esters (lactones) is 1. The summed E-state index contributed by atoms with van der Waals surface area (Å²) in [5.41, 5.74) is 1.83. The maximum Gasteiger partial charge on any atom is 0.414 e. The predicted molar refractivity (Wildman–Crippen MR) is 105 cm³/mol. The maximum atomic E-state index is 13.4. The van der Waals surface area contributed by atoms with Gasteiger partial charge in [-0.1, -0.05) is 11.3 Å². The SMILES string of the molecule is O=C1OCCN1c1ccc2nc(N3CCC(N4CCC(F)CC4)C3)sc2c1. The van der Waals surface area contributed by atoms with Crippen LogP contribution < -0.4 is 9.80 Å². The number of piperidine rings is 1. The standard InChI is InChI=1S/C19H23FN4O2S/c20-13-3-6-22(7-4-13)15-5-8-23(12-15)18-21-16-2-1-14(11-17(16)27-18)24-9-10-26-19(24)25/h1-2,11,13,15H,3-10,12H2. The molecular formula is C19H23FN4O2S. The number of halogens is 1. The Morgan fingerprint density at radius 3 is 2.78 bits per heavy atom. The molecule has 0 saturated carbocycles. The fourth-order valence-corrected chi connectivity index (χ4v) is 5.31. The van der Waals surface area contributed by atoms with E-state index in [2.05, 4.69) is 9.80 Å². The maximum absolute atomic E-state index is 13.4. The number of benzene rings is 1. The summed E-state index contributed by atoms with van der Waals surface area (Å²) in [7, 11) is 0. The fourth-order valence-electron chi connectivity index (χ4n) is 4.28. The van der Waals surface area contributed by atoms with Gasteiger partial charge in [0.05, 0.1) is 16.8 Å². The number of anilines is 2. The van der Waals surface area contributed by atoms with Gasteiger partial charge in [0.15, 0.2) is 5.13 Å². The van der Waals surface area contributed by atoms with E-state index in [0.717, 1.165) is 53.6 Å². The quantitative estimate of drug-likeness (QED) is 0.805. The van der Waals surface area contributed by atoms with Gasteiger partial charge >= 0.3 is 6.09 Å². The Morgan fingerprint density at radius 1 is 1.15 bits per heavy atom. The first kappa shape index (κ1) is 17.2. The average molecular weight is 390 g/mol. The number of ether oxygens (including phenoxy) is 1. The summed E-state index contributed by atoms with van der Waals surface area (Å²) in [5.74, 6) is 0. The first-order valence-electron chi connectivity index (χ1n) is 9.65. The van der Waals surface area contributed by atoms with Crippen molar-refractivity contribution in [1.29, 1.82) is 0 Å². The number of thiazole rings is 1. The minimum atomic E-state index is -0.620. The summed E-state index contributed by atoms with van der Waals surface area (Å²) >= 11 is 1.68. The Bertz CT molecular complexity index is 851. The van der Waals surface area contributed by atoms with Crippen molar-refractivity contribution in [3.63, 3.8) is 0 Å². The van der Waals surface area contributed by atoms with Gasteiger partial charge in [-0.2, -0.15) is 0 Å². The van der Waals surface area contributed by atoms with Crippen molar-refractivity contribution >= 4 is 38.5 Å². The number of aromatic nitrogens is 1. The van der Waals surface area contributed by atoms with Gasteiger partial charge in [-0.05, 0) is 37.5 Å². The molecule has 8 heteroatoms. The number of amides is 1. The van der Waals surface area contributed by atoms with Gasteiger partial charge in [-0.3, -0.25) is 9.80 Å². The van der Waals surface area contributed by atoms with Crippen LogP contribution in [0.5, 0.6) is 0 Å². The number of rotatable bonds is 3. The normalized spacial score (nSPS) is 24.9. The molecule has 0 bridgehead atoms. The smallest absolute Gasteiger partial charge is 0.414 e. The van der Waals surface area contributed by atoms with E-state index in [-0.39, 0.29) is 6.09 Å². The van der Waals surface area contributed by atoms with Crippen molar-refractivity contribution in [2.45, 2.75) is 31.5 Å². The van der Waals surface area contributed by atoms with Gasteiger partial charge in [0.2, 0.25) is 0 Å². The largest absolute Gasteiger partial charge is 0.447 e. The highest BCUT2D eigenvalue weighted by atomic mass is 32.1. The number of hydrogen-bond acceptors (Lipinski definition) is 6. The topological polar surface area (TPSA) is 48.9 Å². The molecule has 3 fully saturated rings. The van der Waals surface area contributed by atoms with E-state index in [1.807, 2.05) is 18.2 Å². The molecule has 1 aromatic heterocycles. The second kappa shape index (κ2) is 6.91. The van der Waals surface area contributed by atoms with E-state index in [1.54, 1.807) is 16.2 Å². The summed E-state index contributed by atoms with van der Waals surface area (Å²) in [6, 6.07) is 6.45. The molecular weight excluding hydrogens is 367 g/mol. The van der Waals surface area contributed by atoms with Crippen LogP contribution in [0, 0.1) is 0 Å². The van der Waals surface area contributed by atoms with Crippen LogP contribution in [0.2, 0.25) is 0 Å². The van der Waals surface area contributed by atoms with Crippen molar-refractivity contribution in [2.75, 3.05) is 49.1 Å². The molecule has 1 aromatic carbocycles. The molecule has 1 unspecified atom stereocenters. The second-order valence-electron chi connectivity index (χ2n) is 7.51. The van der Waals surface area contributed by atoms with Gasteiger partial charge in [-0.25, -0.2) is 14.2 Å². The zero-order chi connectivity index (χ0) is 18.4. The summed E-state index contributed by atoms with van der Waals surface area (Å²) in [6.07, 6.45) is 1.54. The zero-order valence-electron chi connectivity index (χ0n) is 15.1. The molecule has 0 N–H and O–H groups in total. The highest BCUT2D eigenvalue weighted by molar-refractivity contribution is 7.22. The van der Waals surface area contributed by atoms with Crippen LogP contribution in [0.15, 0.2) is 18.2 Å². The molecule has 1 amide bonds. The highest BCUT2D eigenvalue weighted by Crippen LogP contribution is 2.34. The number of fused-ring (bicyclic) bond motifs is 1. The molecule has 1 atom stereocenters. The van der Waals surface area contributed by atoms with E-state index in [4.69, 9.17) is 9.72 Å². The number of carbonyl (C=O) groups excluding carboxylic acids is 1. The lowest BCUT2D eigenvalue weighted by Gasteiger charge is -2.33. The summed E-state index contributed by atoms with van der Waals surface area (Å²) in [4.78, 5) is 23.1. The summed E-state index contributed by atoms with van der Waals surface area (Å²) < 4.78 is 19.5. The number of alkyl halides is 1. The molecule has 144 valence electrons. The molecule has 4 heterocycles. The Morgan fingerprint density at radius 2 is 2.00 bits per heavy atom. The zero-order valence-corrected chi connectivity index (χ0v) is 16.0. The number of carbonyl (C=O) groups is 1. The number of hydrogen-bond donors (Lipinski definition) is 0. The minimum absolute atomic E-state index is 0.279. The van der Waals surface area contributed by atoms with Crippen LogP contribution in [-0.2, 0) is 4.74 Å². The molecule has 3 saturated heterocycles. The molecule has 0 aliphatic carbocycles. The van der Waals surface area contributed by atoms with Crippen LogP contribution in [0.3, 0.4) is 0 Å². The van der Waals surface area contributed by atoms with Crippen molar-refractivity contribution in [3.8, 4) is 0 Å². The third kappa shape index (κ3) is 3.25. The van der Waals surface area contributed by atoms with E-state index in [9.17, 15) is 9.18 Å². The van der Waals surface area contributed by atoms with E-state index < -0.39 is 6.17 Å². The molecule has 5 rings (SSSR count). The Labute approximate surface area is 161 Å². The van der Waals surface area contributed by atoms with Gasteiger partial charge < -0.3 is 9.64 Å². The van der Waals surface area contributed by atoms with Crippen LogP contribution >= 0.6 is 11.3 Å². The van der Waals surface area contributed by atoms with Crippen LogP contribution in [0.25, 0.3) is 10.2 Å². The van der Waals surface area contributed by atoms with Crippen molar-refractivity contribution in [1.82, 2.24) is 9.88 Å². The molecule has 27 heavy (non-hydrogen) atoms. The number of nitrogens with zero attached hydrogens (tertiary/aromatic N) is 4. The monoisotopic (exact) mass is 390 g/mol. The highest BCUT2D eigenvalue weighted by Gasteiger charge is 2.32. The molecule has 3 aliphatic heterocycles. The van der Waals surface area contributed by atoms with Gasteiger partial charge in [0, 0.05) is 37.9 Å². The third-order valence-electron chi connectivity index (χ3n) is 5.84. The van der Waals surface area contributed by atoms with Crippen LogP contribution in [0.4, 0.5) is 20.0 Å². The Balaban J connectivity index is 1.31. The molecule has 0 radical (unpaired) electrons. The van der Waals surface area contributed by atoms with Crippen LogP contribution in [0.1, 0.15) is 19.3 Å². The van der Waals surface area contributed by atoms with E-state index in [0.29, 0.717) is 32.0 Å². The molecule has 3 aliphatic rings. The van der Waals surface area contributed by atoms with Crippen LogP contribution in [-0.4, -0.2) is 67.5 Å². The van der Waals surface area contributed by atoms with Gasteiger partial charge in [0.25, 0.3) is 0 Å². The second-order valence-corrected chi connectivity index (χ2v) is 8.52. The summed E-state index contributed by atoms with van der Waals surface area (Å²) in [5, 5.41) is 1.04. The van der Waals surface area contributed by atoms with E-state index in [1.165, 1.54) is 0 Å². The predicted octanol–water partition coefficient (Wildman–Crippen LogP) is 3.27. The Kier molecular flexibility index (Phi) is 4.40. The average Bonchev–Trinajstić information content (AvgIpc) is 3.40. The number of likely N-dealkylation sites (tertiary alicyclic amines) is 1. The van der Waals surface area contributed by atoms with Crippen molar-refractivity contribution in [3.05, 3.63) is 18.2 Å². The van der Waals surface area contributed by atoms with Crippen molar-refractivity contribution < 1.29 is 13.9 Å². The first-order chi connectivity index (χ1) is 13.2. The van der Waals surface area contributed by atoms with Crippen molar-refractivity contribution in [2.24, 2.45) is 0 Å². The fraction of sp³-hybridized carbons (Fsp3) is 0.579. The van der Waals surface area contributed by atoms with Gasteiger partial charge in [-0.15, -0.1) is 0 Å². The lowest BCUT2D eigenvalue weighted by atomic mass is 10.1. The molecule has 0 spiro atoms. The lowest BCUT2D eigenvalue weighted by molar-refractivity contribution is 0.119. The molecule has 6 nitrogen and oxygen atoms in total. The first-order valence-corrected chi connectivity index (χ1v) is 10.5. The molecule has 2 aromatic rings. The van der Waals surface area contributed by atoms with E-state index >= 15 is 0 Å². The lowest BCUT2D eigenvalue weighted by Crippen LogP contribution is -2.43. The summed E-state index contributed by atoms with van der Waals surface area (Å²) in [6.45, 7) is 4.73. The third-order valence-corrected chi connectivity index (χ3v) is 6.92. The van der Waals surface area contributed by atoms with Gasteiger partial charge in [0.1, 0.15) is 12.8 Å².